The van der Waals surface area contributed by atoms with Crippen LogP contribution in [0.3, 0.4) is 0 Å². The maximum absolute atomic E-state index is 13.6. The van der Waals surface area contributed by atoms with E-state index in [1.807, 2.05) is 0 Å². The molecule has 0 saturated heterocycles. The van der Waals surface area contributed by atoms with Crippen molar-refractivity contribution in [1.82, 2.24) is 0 Å². The smallest absolute Gasteiger partial charge is 0.231 e. The van der Waals surface area contributed by atoms with E-state index in [0.29, 0.717) is 5.39 Å². The summed E-state index contributed by atoms with van der Waals surface area (Å²) in [7, 11) is 0. The van der Waals surface area contributed by atoms with Crippen molar-refractivity contribution in [3.63, 3.8) is 0 Å². The van der Waals surface area contributed by atoms with Gasteiger partial charge in [0.2, 0.25) is 5.78 Å². The summed E-state index contributed by atoms with van der Waals surface area (Å²) in [6, 6.07) is 8.77. The van der Waals surface area contributed by atoms with Crippen molar-refractivity contribution in [3.05, 3.63) is 71.2 Å². The highest BCUT2D eigenvalue weighted by molar-refractivity contribution is 6.09. The Labute approximate surface area is 111 Å². The molecule has 20 heavy (non-hydrogen) atoms. The number of carbonyl (C=O) groups is 1. The Kier molecular flexibility index (Phi) is 2.82. The quantitative estimate of drug-likeness (QED) is 0.660. The Morgan fingerprint density at radius 3 is 2.40 bits per heavy atom. The van der Waals surface area contributed by atoms with Crippen molar-refractivity contribution < 1.29 is 22.4 Å². The summed E-state index contributed by atoms with van der Waals surface area (Å²) in [5.41, 5.74) is -0.544. The zero-order valence-corrected chi connectivity index (χ0v) is 9.99. The number of furan rings is 1. The van der Waals surface area contributed by atoms with Crippen molar-refractivity contribution in [2.24, 2.45) is 0 Å². The molecule has 0 N–H and O–H groups in total. The van der Waals surface area contributed by atoms with Crippen molar-refractivity contribution in [1.29, 1.82) is 0 Å². The fraction of sp³-hybridized carbons (Fsp3) is 0. The molecule has 1 heterocycles. The summed E-state index contributed by atoms with van der Waals surface area (Å²) in [4.78, 5) is 12.1. The maximum atomic E-state index is 13.6. The molecule has 3 aromatic rings. The molecule has 0 saturated carbocycles. The van der Waals surface area contributed by atoms with E-state index in [1.54, 1.807) is 6.07 Å². The van der Waals surface area contributed by atoms with Crippen molar-refractivity contribution >= 4 is 16.8 Å². The number of halogens is 3. The predicted octanol–water partition coefficient (Wildman–Crippen LogP) is 4.08. The Balaban J connectivity index is 2.13. The first-order valence-electron chi connectivity index (χ1n) is 5.74. The Hall–Kier alpha value is -2.56. The van der Waals surface area contributed by atoms with Crippen LogP contribution in [0.4, 0.5) is 13.2 Å². The molecule has 0 unspecified atom stereocenters. The molecule has 0 aliphatic heterocycles. The van der Waals surface area contributed by atoms with Crippen LogP contribution in [0.25, 0.3) is 11.0 Å². The molecule has 3 rings (SSSR count). The van der Waals surface area contributed by atoms with Crippen LogP contribution in [0.2, 0.25) is 0 Å². The predicted molar refractivity (Wildman–Crippen MR) is 66.0 cm³/mol. The van der Waals surface area contributed by atoms with Gasteiger partial charge < -0.3 is 4.42 Å². The largest absolute Gasteiger partial charge is 0.449 e. The molecule has 0 aliphatic rings. The first-order chi connectivity index (χ1) is 9.58. The molecule has 1 aromatic heterocycles. The highest BCUT2D eigenvalue weighted by atomic mass is 19.2. The molecule has 5 heteroatoms. The highest BCUT2D eigenvalue weighted by Gasteiger charge is 2.21. The third-order valence-electron chi connectivity index (χ3n) is 2.92. The topological polar surface area (TPSA) is 30.2 Å². The molecule has 0 bridgehead atoms. The van der Waals surface area contributed by atoms with Crippen molar-refractivity contribution in [2.45, 2.75) is 0 Å². The van der Waals surface area contributed by atoms with Gasteiger partial charge in [0.15, 0.2) is 28.8 Å². The molecule has 100 valence electrons. The average molecular weight is 276 g/mol. The summed E-state index contributed by atoms with van der Waals surface area (Å²) in [6.45, 7) is 0. The molecule has 0 aliphatic carbocycles. The fourth-order valence-corrected chi connectivity index (χ4v) is 1.95. The van der Waals surface area contributed by atoms with E-state index in [0.717, 1.165) is 12.1 Å². The van der Waals surface area contributed by atoms with Gasteiger partial charge in [0.1, 0.15) is 0 Å². The van der Waals surface area contributed by atoms with E-state index in [9.17, 15) is 18.0 Å². The number of benzene rings is 2. The fourth-order valence-electron chi connectivity index (χ4n) is 1.95. The highest BCUT2D eigenvalue weighted by Crippen LogP contribution is 2.25. The average Bonchev–Trinajstić information content (AvgIpc) is 2.87. The van der Waals surface area contributed by atoms with Crippen LogP contribution in [0.5, 0.6) is 0 Å². The lowest BCUT2D eigenvalue weighted by atomic mass is 10.1. The summed E-state index contributed by atoms with van der Waals surface area (Å²) in [5.74, 6) is -4.08. The van der Waals surface area contributed by atoms with Gasteiger partial charge in [-0.3, -0.25) is 4.79 Å². The second-order valence-corrected chi connectivity index (χ2v) is 4.20. The van der Waals surface area contributed by atoms with E-state index in [-0.39, 0.29) is 11.3 Å². The number of rotatable bonds is 2. The zero-order chi connectivity index (χ0) is 14.3. The standard InChI is InChI=1S/C15H7F3O2/c16-10-5-2-4-9(13(10)18)14(19)12-7-8-3-1-6-11(17)15(8)20-12/h1-7H. The maximum Gasteiger partial charge on any atom is 0.231 e. The second kappa shape index (κ2) is 4.52. The summed E-state index contributed by atoms with van der Waals surface area (Å²) in [5, 5.41) is 0.380. The number of para-hydroxylation sites is 1. The number of hydrogen-bond donors (Lipinski definition) is 0. The number of fused-ring (bicyclic) bond motifs is 1. The molecule has 0 fully saturated rings. The van der Waals surface area contributed by atoms with Crippen LogP contribution in [-0.2, 0) is 0 Å². The van der Waals surface area contributed by atoms with Crippen LogP contribution < -0.4 is 0 Å². The van der Waals surface area contributed by atoms with Gasteiger partial charge in [-0.1, -0.05) is 18.2 Å². The molecular weight excluding hydrogens is 269 g/mol. The second-order valence-electron chi connectivity index (χ2n) is 4.20. The summed E-state index contributed by atoms with van der Waals surface area (Å²) in [6.07, 6.45) is 0. The monoisotopic (exact) mass is 276 g/mol. The number of ketones is 1. The minimum Gasteiger partial charge on any atom is -0.449 e. The molecule has 2 aromatic carbocycles. The Bertz CT molecular complexity index is 821. The van der Waals surface area contributed by atoms with Crippen LogP contribution in [0, 0.1) is 17.5 Å². The van der Waals surface area contributed by atoms with Crippen LogP contribution >= 0.6 is 0 Å². The molecule has 0 amide bonds. The third-order valence-corrected chi connectivity index (χ3v) is 2.92. The van der Waals surface area contributed by atoms with Gasteiger partial charge in [0.25, 0.3) is 0 Å². The van der Waals surface area contributed by atoms with Gasteiger partial charge in [0, 0.05) is 5.39 Å². The lowest BCUT2D eigenvalue weighted by molar-refractivity contribution is 0.101. The van der Waals surface area contributed by atoms with E-state index in [4.69, 9.17) is 4.42 Å². The SMILES string of the molecule is O=C(c1cc2cccc(F)c2o1)c1cccc(F)c1F. The van der Waals surface area contributed by atoms with Gasteiger partial charge >= 0.3 is 0 Å². The first-order valence-corrected chi connectivity index (χ1v) is 5.74. The number of hydrogen-bond acceptors (Lipinski definition) is 2. The molecule has 0 radical (unpaired) electrons. The van der Waals surface area contributed by atoms with Gasteiger partial charge in [0.05, 0.1) is 5.56 Å². The molecule has 2 nitrogen and oxygen atoms in total. The summed E-state index contributed by atoms with van der Waals surface area (Å²) < 4.78 is 45.2. The van der Waals surface area contributed by atoms with Crippen LogP contribution in [0.15, 0.2) is 46.9 Å². The Morgan fingerprint density at radius 1 is 0.950 bits per heavy atom. The molecule has 0 atom stereocenters. The number of carbonyl (C=O) groups excluding carboxylic acids is 1. The van der Waals surface area contributed by atoms with Crippen LogP contribution in [-0.4, -0.2) is 5.78 Å². The van der Waals surface area contributed by atoms with E-state index >= 15 is 0 Å². The zero-order valence-electron chi connectivity index (χ0n) is 9.99. The minimum atomic E-state index is -1.25. The van der Waals surface area contributed by atoms with E-state index in [1.165, 1.54) is 24.3 Å². The van der Waals surface area contributed by atoms with Gasteiger partial charge in [-0.05, 0) is 24.3 Å². The van der Waals surface area contributed by atoms with Gasteiger partial charge in [-0.15, -0.1) is 0 Å². The van der Waals surface area contributed by atoms with Crippen LogP contribution in [0.1, 0.15) is 16.1 Å². The van der Waals surface area contributed by atoms with Crippen molar-refractivity contribution in [2.75, 3.05) is 0 Å². The lowest BCUT2D eigenvalue weighted by Crippen LogP contribution is -2.04. The molecule has 0 spiro atoms. The minimum absolute atomic E-state index is 0.0901. The van der Waals surface area contributed by atoms with Gasteiger partial charge in [-0.25, -0.2) is 13.2 Å². The third kappa shape index (κ3) is 1.87. The van der Waals surface area contributed by atoms with E-state index in [2.05, 4.69) is 0 Å². The Morgan fingerprint density at radius 2 is 1.65 bits per heavy atom. The lowest BCUT2D eigenvalue weighted by Gasteiger charge is -2.00. The summed E-state index contributed by atoms with van der Waals surface area (Å²) >= 11 is 0. The van der Waals surface area contributed by atoms with Crippen molar-refractivity contribution in [3.8, 4) is 0 Å². The molecular formula is C15H7F3O2. The van der Waals surface area contributed by atoms with E-state index < -0.39 is 28.8 Å². The van der Waals surface area contributed by atoms with Gasteiger partial charge in [-0.2, -0.15) is 0 Å². The first kappa shape index (κ1) is 12.5. The normalized spacial score (nSPS) is 10.9.